The van der Waals surface area contributed by atoms with Crippen molar-refractivity contribution in [1.82, 2.24) is 9.97 Å². The van der Waals surface area contributed by atoms with Crippen LogP contribution in [0, 0.1) is 6.92 Å². The molecule has 1 unspecified atom stereocenters. The van der Waals surface area contributed by atoms with Gasteiger partial charge in [0.1, 0.15) is 17.5 Å². The van der Waals surface area contributed by atoms with Gasteiger partial charge < -0.3 is 15.0 Å². The first kappa shape index (κ1) is 19.1. The molecule has 6 nitrogen and oxygen atoms in total. The fourth-order valence-electron chi connectivity index (χ4n) is 3.54. The minimum Gasteiger partial charge on any atom is -0.462 e. The first-order valence-electron chi connectivity index (χ1n) is 9.77. The van der Waals surface area contributed by atoms with Crippen molar-refractivity contribution in [3.05, 3.63) is 41.7 Å². The molecule has 1 N–H and O–H groups in total. The number of ether oxygens (including phenoxy) is 1. The van der Waals surface area contributed by atoms with Crippen molar-refractivity contribution in [2.45, 2.75) is 52.5 Å². The maximum Gasteiger partial charge on any atom is 0.338 e. The summed E-state index contributed by atoms with van der Waals surface area (Å²) in [5.74, 6) is 2.19. The lowest BCUT2D eigenvalue weighted by molar-refractivity contribution is 0.0526. The Bertz CT molecular complexity index is 776. The number of benzene rings is 1. The van der Waals surface area contributed by atoms with Crippen LogP contribution in [0.5, 0.6) is 0 Å². The molecule has 2 aromatic rings. The highest BCUT2D eigenvalue weighted by Crippen LogP contribution is 2.27. The molecule has 0 radical (unpaired) electrons. The van der Waals surface area contributed by atoms with Gasteiger partial charge >= 0.3 is 5.97 Å². The van der Waals surface area contributed by atoms with Crippen molar-refractivity contribution in [2.24, 2.45) is 0 Å². The summed E-state index contributed by atoms with van der Waals surface area (Å²) in [4.78, 5) is 23.4. The quantitative estimate of drug-likeness (QED) is 0.759. The van der Waals surface area contributed by atoms with Crippen molar-refractivity contribution in [1.29, 1.82) is 0 Å². The number of aromatic nitrogens is 2. The topological polar surface area (TPSA) is 67.3 Å². The van der Waals surface area contributed by atoms with Crippen LogP contribution in [0.3, 0.4) is 0 Å². The van der Waals surface area contributed by atoms with Crippen LogP contribution >= 0.6 is 0 Å². The predicted octanol–water partition coefficient (Wildman–Crippen LogP) is 4.47. The number of piperidine rings is 1. The number of aryl methyl sites for hydroxylation is 1. The molecule has 0 amide bonds. The number of carbonyl (C=O) groups excluding carboxylic acids is 1. The number of nitrogens with one attached hydrogen (secondary N) is 1. The first-order chi connectivity index (χ1) is 13.1. The van der Waals surface area contributed by atoms with E-state index >= 15 is 0 Å². The van der Waals surface area contributed by atoms with E-state index in [0.29, 0.717) is 18.2 Å². The zero-order valence-electron chi connectivity index (χ0n) is 16.4. The van der Waals surface area contributed by atoms with E-state index in [2.05, 4.69) is 27.1 Å². The molecular weight excluding hydrogens is 340 g/mol. The van der Waals surface area contributed by atoms with Gasteiger partial charge in [0.25, 0.3) is 0 Å². The largest absolute Gasteiger partial charge is 0.462 e. The molecule has 0 spiro atoms. The molecule has 1 aromatic carbocycles. The van der Waals surface area contributed by atoms with E-state index in [0.717, 1.165) is 36.1 Å². The number of anilines is 3. The monoisotopic (exact) mass is 368 g/mol. The molecule has 144 valence electrons. The Morgan fingerprint density at radius 1 is 1.22 bits per heavy atom. The van der Waals surface area contributed by atoms with E-state index in [9.17, 15) is 4.79 Å². The van der Waals surface area contributed by atoms with E-state index in [1.807, 2.05) is 25.1 Å². The van der Waals surface area contributed by atoms with Gasteiger partial charge in [-0.05, 0) is 63.8 Å². The number of nitrogens with zero attached hydrogens (tertiary/aromatic N) is 3. The number of esters is 1. The molecule has 3 rings (SSSR count). The van der Waals surface area contributed by atoms with Crippen LogP contribution in [-0.4, -0.2) is 35.1 Å². The van der Waals surface area contributed by atoms with Crippen molar-refractivity contribution >= 4 is 23.3 Å². The van der Waals surface area contributed by atoms with Crippen molar-refractivity contribution in [3.63, 3.8) is 0 Å². The van der Waals surface area contributed by atoms with E-state index in [4.69, 9.17) is 4.74 Å². The molecule has 6 heteroatoms. The van der Waals surface area contributed by atoms with Gasteiger partial charge in [-0.2, -0.15) is 0 Å². The van der Waals surface area contributed by atoms with Gasteiger partial charge in [-0.1, -0.05) is 6.92 Å². The van der Waals surface area contributed by atoms with E-state index < -0.39 is 0 Å². The molecule has 0 saturated carbocycles. The van der Waals surface area contributed by atoms with Gasteiger partial charge in [-0.15, -0.1) is 0 Å². The molecule has 1 saturated heterocycles. The molecular formula is C21H28N4O2. The van der Waals surface area contributed by atoms with Crippen LogP contribution in [0.2, 0.25) is 0 Å². The maximum atomic E-state index is 11.8. The summed E-state index contributed by atoms with van der Waals surface area (Å²) >= 11 is 0. The van der Waals surface area contributed by atoms with Crippen LogP contribution in [0.4, 0.5) is 17.3 Å². The molecule has 0 aliphatic carbocycles. The summed E-state index contributed by atoms with van der Waals surface area (Å²) in [6.45, 7) is 7.37. The lowest BCUT2D eigenvalue weighted by atomic mass is 10.00. The second kappa shape index (κ2) is 8.84. The Labute approximate surface area is 161 Å². The maximum absolute atomic E-state index is 11.8. The van der Waals surface area contributed by atoms with Gasteiger partial charge in [-0.3, -0.25) is 0 Å². The third-order valence-corrected chi connectivity index (χ3v) is 4.89. The zero-order chi connectivity index (χ0) is 19.2. The van der Waals surface area contributed by atoms with Crippen LogP contribution in [0.15, 0.2) is 30.3 Å². The average Bonchev–Trinajstić information content (AvgIpc) is 2.68. The highest BCUT2D eigenvalue weighted by atomic mass is 16.5. The minimum absolute atomic E-state index is 0.306. The van der Waals surface area contributed by atoms with Gasteiger partial charge in [0, 0.05) is 24.3 Å². The summed E-state index contributed by atoms with van der Waals surface area (Å²) in [5.41, 5.74) is 1.42. The lowest BCUT2D eigenvalue weighted by Crippen LogP contribution is -2.39. The Balaban J connectivity index is 1.77. The number of rotatable bonds is 6. The van der Waals surface area contributed by atoms with Crippen molar-refractivity contribution in [2.75, 3.05) is 23.4 Å². The van der Waals surface area contributed by atoms with Gasteiger partial charge in [0.2, 0.25) is 0 Å². The van der Waals surface area contributed by atoms with Crippen LogP contribution in [0.25, 0.3) is 0 Å². The molecule has 27 heavy (non-hydrogen) atoms. The first-order valence-corrected chi connectivity index (χ1v) is 9.77. The van der Waals surface area contributed by atoms with E-state index in [-0.39, 0.29) is 5.97 Å². The summed E-state index contributed by atoms with van der Waals surface area (Å²) < 4.78 is 5.02. The van der Waals surface area contributed by atoms with E-state index in [1.54, 1.807) is 19.1 Å². The summed E-state index contributed by atoms with van der Waals surface area (Å²) in [6.07, 6.45) is 4.84. The van der Waals surface area contributed by atoms with Crippen molar-refractivity contribution in [3.8, 4) is 0 Å². The Kier molecular flexibility index (Phi) is 6.27. The summed E-state index contributed by atoms with van der Waals surface area (Å²) in [7, 11) is 0. The SMILES string of the molecule is CCOC(=O)c1ccc(Nc2cc(N3CCCCC3CC)nc(C)n2)cc1. The van der Waals surface area contributed by atoms with Crippen LogP contribution in [-0.2, 0) is 4.74 Å². The number of hydrogen-bond acceptors (Lipinski definition) is 6. The number of carbonyl (C=O) groups is 1. The average molecular weight is 368 g/mol. The molecule has 2 heterocycles. The molecule has 1 fully saturated rings. The summed E-state index contributed by atoms with van der Waals surface area (Å²) in [5, 5.41) is 3.33. The third kappa shape index (κ3) is 4.76. The number of hydrogen-bond donors (Lipinski definition) is 1. The zero-order valence-corrected chi connectivity index (χ0v) is 16.4. The highest BCUT2D eigenvalue weighted by Gasteiger charge is 2.22. The van der Waals surface area contributed by atoms with Gasteiger partial charge in [-0.25, -0.2) is 14.8 Å². The molecule has 1 aliphatic rings. The fraction of sp³-hybridized carbons (Fsp3) is 0.476. The minimum atomic E-state index is -0.306. The molecule has 0 bridgehead atoms. The second-order valence-electron chi connectivity index (χ2n) is 6.83. The van der Waals surface area contributed by atoms with Crippen LogP contribution in [0.1, 0.15) is 55.7 Å². The smallest absolute Gasteiger partial charge is 0.338 e. The summed E-state index contributed by atoms with van der Waals surface area (Å²) in [6, 6.07) is 9.79. The van der Waals surface area contributed by atoms with Crippen LogP contribution < -0.4 is 10.2 Å². The van der Waals surface area contributed by atoms with E-state index in [1.165, 1.54) is 19.3 Å². The lowest BCUT2D eigenvalue weighted by Gasteiger charge is -2.36. The highest BCUT2D eigenvalue weighted by molar-refractivity contribution is 5.89. The van der Waals surface area contributed by atoms with Crippen molar-refractivity contribution < 1.29 is 9.53 Å². The second-order valence-corrected chi connectivity index (χ2v) is 6.83. The Morgan fingerprint density at radius 3 is 2.70 bits per heavy atom. The normalized spacial score (nSPS) is 16.9. The molecule has 1 aromatic heterocycles. The van der Waals surface area contributed by atoms with Gasteiger partial charge in [0.05, 0.1) is 12.2 Å². The fourth-order valence-corrected chi connectivity index (χ4v) is 3.54. The standard InChI is InChI=1S/C21H28N4O2/c1-4-18-8-6-7-13-25(18)20-14-19(22-15(3)23-20)24-17-11-9-16(10-12-17)21(26)27-5-2/h9-12,14,18H,4-8,13H2,1-3H3,(H,22,23,24). The molecule has 1 aliphatic heterocycles. The Hall–Kier alpha value is -2.63. The Morgan fingerprint density at radius 2 is 2.00 bits per heavy atom. The predicted molar refractivity (Wildman–Crippen MR) is 108 cm³/mol. The van der Waals surface area contributed by atoms with Gasteiger partial charge in [0.15, 0.2) is 0 Å². The third-order valence-electron chi connectivity index (χ3n) is 4.89. The molecule has 1 atom stereocenters.